The van der Waals surface area contributed by atoms with Crippen molar-refractivity contribution in [3.8, 4) is 17.2 Å². The molecule has 0 saturated carbocycles. The molecule has 0 fully saturated rings. The molecule has 1 atom stereocenters. The van der Waals surface area contributed by atoms with Crippen LogP contribution in [0.25, 0.3) is 16.5 Å². The highest BCUT2D eigenvalue weighted by molar-refractivity contribution is 5.95. The zero-order valence-electron chi connectivity index (χ0n) is 25.8. The minimum atomic E-state index is -0.763. The highest BCUT2D eigenvalue weighted by Gasteiger charge is 2.32. The number of aromatic nitrogens is 1. The lowest BCUT2D eigenvalue weighted by molar-refractivity contribution is -0.139. The number of benzene rings is 3. The van der Waals surface area contributed by atoms with Crippen LogP contribution in [0.5, 0.6) is 11.5 Å². The summed E-state index contributed by atoms with van der Waals surface area (Å²) in [6.07, 6.45) is 1.61. The van der Waals surface area contributed by atoms with E-state index in [2.05, 4.69) is 50.0 Å². The van der Waals surface area contributed by atoms with Gasteiger partial charge in [-0.2, -0.15) is 5.10 Å². The Bertz CT molecular complexity index is 1830. The van der Waals surface area contributed by atoms with Crippen molar-refractivity contribution >= 4 is 34.9 Å². The summed E-state index contributed by atoms with van der Waals surface area (Å²) >= 11 is 0. The van der Waals surface area contributed by atoms with Crippen molar-refractivity contribution in [2.75, 3.05) is 20.3 Å². The molecular weight excluding hydrogens is 574 g/mol. The van der Waals surface area contributed by atoms with Crippen LogP contribution in [0.3, 0.4) is 0 Å². The molecule has 45 heavy (non-hydrogen) atoms. The van der Waals surface area contributed by atoms with E-state index in [9.17, 15) is 14.4 Å². The average molecular weight is 610 g/mol. The second-order valence-electron chi connectivity index (χ2n) is 10.4. The fourth-order valence-electron chi connectivity index (χ4n) is 5.45. The number of methoxy groups -OCH3 is 1. The fraction of sp³-hybridized carbons (Fsp3) is 0.235. The number of fused-ring (bicyclic) bond motifs is 1. The Hall–Kier alpha value is -5.58. The van der Waals surface area contributed by atoms with E-state index in [0.717, 1.165) is 33.4 Å². The minimum absolute atomic E-state index is 0.190. The second kappa shape index (κ2) is 13.4. The predicted molar refractivity (Wildman–Crippen MR) is 171 cm³/mol. The third-order valence-corrected chi connectivity index (χ3v) is 7.51. The molecule has 0 saturated heterocycles. The average Bonchev–Trinajstić information content (AvgIpc) is 3.31. The molecule has 2 heterocycles. The zero-order valence-corrected chi connectivity index (χ0v) is 25.8. The standard InChI is InChI=1S/C34H35N5O6/c1-6-44-33(41)31-21(3)36-34(42)37-32(31)24-14-15-28(29(17-24)43-5)45-19-30(40)38-35-18-25-16-20(2)39(22(25)4)27-13-9-11-23-10-7-8-12-26(23)27/h7-18,32H,6,19H2,1-5H3,(H,38,40)(H2,36,37,42)/b35-18-/t32-/m0/s1. The first-order valence-electron chi connectivity index (χ1n) is 14.5. The summed E-state index contributed by atoms with van der Waals surface area (Å²) in [4.78, 5) is 37.4. The molecule has 11 nitrogen and oxygen atoms in total. The second-order valence-corrected chi connectivity index (χ2v) is 10.4. The van der Waals surface area contributed by atoms with Crippen molar-refractivity contribution in [2.24, 2.45) is 5.10 Å². The summed E-state index contributed by atoms with van der Waals surface area (Å²) in [7, 11) is 1.46. The largest absolute Gasteiger partial charge is 0.493 e. The van der Waals surface area contributed by atoms with Crippen molar-refractivity contribution < 1.29 is 28.6 Å². The Morgan fingerprint density at radius 2 is 1.80 bits per heavy atom. The van der Waals surface area contributed by atoms with Gasteiger partial charge in [0.2, 0.25) is 0 Å². The van der Waals surface area contributed by atoms with E-state index in [4.69, 9.17) is 14.2 Å². The minimum Gasteiger partial charge on any atom is -0.493 e. The molecule has 4 aromatic rings. The number of hydrogen-bond acceptors (Lipinski definition) is 7. The molecule has 3 amide bonds. The van der Waals surface area contributed by atoms with Gasteiger partial charge in [-0.3, -0.25) is 4.79 Å². The molecule has 1 aliphatic rings. The van der Waals surface area contributed by atoms with Crippen LogP contribution in [0.15, 0.2) is 83.1 Å². The third kappa shape index (κ3) is 6.52. The van der Waals surface area contributed by atoms with E-state index in [-0.39, 0.29) is 18.8 Å². The van der Waals surface area contributed by atoms with Crippen molar-refractivity contribution in [1.82, 2.24) is 20.6 Å². The van der Waals surface area contributed by atoms with Gasteiger partial charge < -0.3 is 29.4 Å². The first-order chi connectivity index (χ1) is 21.7. The summed E-state index contributed by atoms with van der Waals surface area (Å²) in [5.41, 5.74) is 7.74. The molecule has 232 valence electrons. The Balaban J connectivity index is 1.25. The highest BCUT2D eigenvalue weighted by atomic mass is 16.5. The first kappa shape index (κ1) is 30.9. The van der Waals surface area contributed by atoms with Crippen molar-refractivity contribution in [3.63, 3.8) is 0 Å². The van der Waals surface area contributed by atoms with E-state index in [0.29, 0.717) is 22.8 Å². The summed E-state index contributed by atoms with van der Waals surface area (Å²) in [6.45, 7) is 7.26. The molecule has 5 rings (SSSR count). The van der Waals surface area contributed by atoms with Crippen LogP contribution in [0.4, 0.5) is 4.79 Å². The van der Waals surface area contributed by atoms with Gasteiger partial charge in [0, 0.05) is 28.0 Å². The lowest BCUT2D eigenvalue weighted by atomic mass is 9.95. The maximum Gasteiger partial charge on any atom is 0.338 e. The van der Waals surface area contributed by atoms with E-state index >= 15 is 0 Å². The molecule has 0 unspecified atom stereocenters. The molecule has 0 spiro atoms. The van der Waals surface area contributed by atoms with Crippen LogP contribution in [-0.2, 0) is 14.3 Å². The van der Waals surface area contributed by atoms with Gasteiger partial charge in [0.25, 0.3) is 5.91 Å². The Morgan fingerprint density at radius 1 is 1.02 bits per heavy atom. The number of rotatable bonds is 10. The number of allylic oxidation sites excluding steroid dienone is 1. The van der Waals surface area contributed by atoms with Crippen LogP contribution in [0.2, 0.25) is 0 Å². The van der Waals surface area contributed by atoms with E-state index in [1.165, 1.54) is 7.11 Å². The summed E-state index contributed by atoms with van der Waals surface area (Å²) in [5, 5.41) is 11.8. The number of carbonyl (C=O) groups is 3. The van der Waals surface area contributed by atoms with Gasteiger partial charge in [-0.05, 0) is 62.9 Å². The van der Waals surface area contributed by atoms with Gasteiger partial charge in [-0.1, -0.05) is 42.5 Å². The number of hydrogen-bond donors (Lipinski definition) is 3. The smallest absolute Gasteiger partial charge is 0.338 e. The number of nitrogens with one attached hydrogen (secondary N) is 3. The highest BCUT2D eigenvalue weighted by Crippen LogP contribution is 2.34. The Labute approximate surface area is 260 Å². The number of aryl methyl sites for hydroxylation is 1. The van der Waals surface area contributed by atoms with Crippen LogP contribution >= 0.6 is 0 Å². The molecule has 1 aliphatic heterocycles. The van der Waals surface area contributed by atoms with E-state index < -0.39 is 23.9 Å². The molecule has 0 bridgehead atoms. The number of ether oxygens (including phenoxy) is 3. The van der Waals surface area contributed by atoms with Crippen LogP contribution in [0.1, 0.15) is 42.4 Å². The van der Waals surface area contributed by atoms with Gasteiger partial charge in [0.15, 0.2) is 18.1 Å². The van der Waals surface area contributed by atoms with Crippen molar-refractivity contribution in [2.45, 2.75) is 33.7 Å². The molecule has 0 radical (unpaired) electrons. The SMILES string of the molecule is CCOC(=O)C1=C(C)NC(=O)N[C@H]1c1ccc(OCC(=O)N/N=C\c2cc(C)n(-c3cccc4ccccc34)c2C)c(OC)c1. The van der Waals surface area contributed by atoms with Crippen LogP contribution in [-0.4, -0.2) is 49.0 Å². The molecule has 3 N–H and O–H groups in total. The topological polar surface area (TPSA) is 132 Å². The number of urea groups is 1. The fourth-order valence-corrected chi connectivity index (χ4v) is 5.45. The summed E-state index contributed by atoms with van der Waals surface area (Å²) in [5.74, 6) is -0.385. The normalized spacial score (nSPS) is 14.7. The van der Waals surface area contributed by atoms with Crippen LogP contribution < -0.4 is 25.5 Å². The number of esters is 1. The quantitative estimate of drug-likeness (QED) is 0.132. The monoisotopic (exact) mass is 609 g/mol. The lowest BCUT2D eigenvalue weighted by Crippen LogP contribution is -2.45. The van der Waals surface area contributed by atoms with Gasteiger partial charge >= 0.3 is 12.0 Å². The Kier molecular flexibility index (Phi) is 9.17. The van der Waals surface area contributed by atoms with Gasteiger partial charge in [0.1, 0.15) is 0 Å². The van der Waals surface area contributed by atoms with E-state index in [1.807, 2.05) is 38.1 Å². The maximum atomic E-state index is 12.6. The first-order valence-corrected chi connectivity index (χ1v) is 14.5. The lowest BCUT2D eigenvalue weighted by Gasteiger charge is -2.28. The number of hydrazone groups is 1. The molecule has 11 heteroatoms. The van der Waals surface area contributed by atoms with Crippen molar-refractivity contribution in [1.29, 1.82) is 0 Å². The van der Waals surface area contributed by atoms with Gasteiger partial charge in [-0.25, -0.2) is 15.0 Å². The third-order valence-electron chi connectivity index (χ3n) is 7.51. The van der Waals surface area contributed by atoms with Gasteiger partial charge in [-0.15, -0.1) is 0 Å². The van der Waals surface area contributed by atoms with E-state index in [1.54, 1.807) is 38.3 Å². The van der Waals surface area contributed by atoms with Crippen molar-refractivity contribution in [3.05, 3.63) is 101 Å². The maximum absolute atomic E-state index is 12.6. The number of amides is 3. The summed E-state index contributed by atoms with van der Waals surface area (Å²) in [6, 6.07) is 20.2. The van der Waals surface area contributed by atoms with Gasteiger partial charge in [0.05, 0.1) is 37.2 Å². The zero-order chi connectivity index (χ0) is 32.1. The predicted octanol–water partition coefficient (Wildman–Crippen LogP) is 4.98. The number of carbonyl (C=O) groups excluding carboxylic acids is 3. The number of nitrogens with zero attached hydrogens (tertiary/aromatic N) is 2. The molecule has 1 aromatic heterocycles. The summed E-state index contributed by atoms with van der Waals surface area (Å²) < 4.78 is 18.6. The van der Waals surface area contributed by atoms with Crippen LogP contribution in [0, 0.1) is 13.8 Å². The molecular formula is C34H35N5O6. The molecule has 3 aromatic carbocycles. The molecule has 0 aliphatic carbocycles. The Morgan fingerprint density at radius 3 is 2.58 bits per heavy atom.